The number of esters is 1. The molecule has 1 aliphatic heterocycles. The molecule has 0 radical (unpaired) electrons. The van der Waals surface area contributed by atoms with Gasteiger partial charge in [-0.15, -0.1) is 0 Å². The van der Waals surface area contributed by atoms with Gasteiger partial charge in [-0.1, -0.05) is 18.2 Å². The molecule has 124 valence electrons. The lowest BCUT2D eigenvalue weighted by atomic mass is 9.96. The van der Waals surface area contributed by atoms with Crippen LogP contribution in [-0.2, 0) is 19.4 Å². The lowest BCUT2D eigenvalue weighted by Crippen LogP contribution is -2.03. The minimum Gasteiger partial charge on any atom is -0.457 e. The minimum absolute atomic E-state index is 0.107. The van der Waals surface area contributed by atoms with E-state index in [1.165, 1.54) is 30.3 Å². The van der Waals surface area contributed by atoms with Gasteiger partial charge in [0.15, 0.2) is 9.84 Å². The van der Waals surface area contributed by atoms with Gasteiger partial charge < -0.3 is 4.74 Å². The third-order valence-corrected chi connectivity index (χ3v) is 4.83. The summed E-state index contributed by atoms with van der Waals surface area (Å²) in [6, 6.07) is 9.02. The van der Waals surface area contributed by atoms with Crippen molar-refractivity contribution in [2.75, 3.05) is 12.9 Å². The van der Waals surface area contributed by atoms with Gasteiger partial charge >= 0.3 is 5.97 Å². The highest BCUT2D eigenvalue weighted by molar-refractivity contribution is 7.90. The molecule has 0 saturated heterocycles. The maximum absolute atomic E-state index is 14.0. The van der Waals surface area contributed by atoms with Crippen molar-refractivity contribution in [2.45, 2.75) is 4.90 Å². The predicted molar refractivity (Wildman–Crippen MR) is 83.7 cm³/mol. The molecule has 3 rings (SSSR count). The summed E-state index contributed by atoms with van der Waals surface area (Å²) in [7, 11) is -3.37. The van der Waals surface area contributed by atoms with E-state index in [9.17, 15) is 22.0 Å². The second-order valence-corrected chi connectivity index (χ2v) is 7.34. The standard InChI is InChI=1S/C17H12F2O4S/c1-24(21,22)11-7-5-10(6-8-11)12-9-23-17(20)15(12)16-13(18)3-2-4-14(16)19/h2-8H,9H2,1H3. The van der Waals surface area contributed by atoms with E-state index < -0.39 is 33.0 Å². The number of ether oxygens (including phenoxy) is 1. The molecule has 0 bridgehead atoms. The Labute approximate surface area is 137 Å². The second kappa shape index (κ2) is 5.83. The zero-order valence-electron chi connectivity index (χ0n) is 12.5. The van der Waals surface area contributed by atoms with E-state index in [2.05, 4.69) is 0 Å². The van der Waals surface area contributed by atoms with Gasteiger partial charge in [0.05, 0.1) is 16.0 Å². The fourth-order valence-corrected chi connectivity index (χ4v) is 3.16. The normalized spacial score (nSPS) is 14.9. The largest absolute Gasteiger partial charge is 0.457 e. The highest BCUT2D eigenvalue weighted by Crippen LogP contribution is 2.35. The van der Waals surface area contributed by atoms with E-state index in [0.717, 1.165) is 18.4 Å². The molecule has 4 nitrogen and oxygen atoms in total. The van der Waals surface area contributed by atoms with Crippen molar-refractivity contribution in [1.82, 2.24) is 0 Å². The summed E-state index contributed by atoms with van der Waals surface area (Å²) in [5.41, 5.74) is 0.148. The first-order chi connectivity index (χ1) is 11.3. The molecule has 1 aliphatic rings. The van der Waals surface area contributed by atoms with Crippen molar-refractivity contribution in [3.63, 3.8) is 0 Å². The SMILES string of the molecule is CS(=O)(=O)c1ccc(C2=C(c3c(F)cccc3F)C(=O)OC2)cc1. The van der Waals surface area contributed by atoms with Crippen LogP contribution in [0.1, 0.15) is 11.1 Å². The van der Waals surface area contributed by atoms with Crippen LogP contribution >= 0.6 is 0 Å². The number of hydrogen-bond acceptors (Lipinski definition) is 4. The summed E-state index contributed by atoms with van der Waals surface area (Å²) in [5, 5.41) is 0. The van der Waals surface area contributed by atoms with Gasteiger partial charge in [0.25, 0.3) is 0 Å². The van der Waals surface area contributed by atoms with Crippen LogP contribution in [0.15, 0.2) is 47.4 Å². The van der Waals surface area contributed by atoms with E-state index in [4.69, 9.17) is 4.74 Å². The molecule has 0 spiro atoms. The Morgan fingerprint density at radius 3 is 2.12 bits per heavy atom. The van der Waals surface area contributed by atoms with E-state index in [0.29, 0.717) is 11.1 Å². The number of cyclic esters (lactones) is 1. The van der Waals surface area contributed by atoms with Crippen LogP contribution in [-0.4, -0.2) is 27.2 Å². The molecule has 1 heterocycles. The third kappa shape index (κ3) is 2.82. The van der Waals surface area contributed by atoms with Crippen LogP contribution in [0.4, 0.5) is 8.78 Å². The molecule has 0 fully saturated rings. The third-order valence-electron chi connectivity index (χ3n) is 3.70. The fraction of sp³-hybridized carbons (Fsp3) is 0.118. The lowest BCUT2D eigenvalue weighted by molar-refractivity contribution is -0.133. The molecule has 0 saturated carbocycles. The van der Waals surface area contributed by atoms with Gasteiger partial charge in [0.1, 0.15) is 18.2 Å². The second-order valence-electron chi connectivity index (χ2n) is 5.32. The summed E-state index contributed by atoms with van der Waals surface area (Å²) >= 11 is 0. The Hall–Kier alpha value is -2.54. The summed E-state index contributed by atoms with van der Waals surface area (Å²) in [6.07, 6.45) is 1.07. The number of sulfone groups is 1. The lowest BCUT2D eigenvalue weighted by Gasteiger charge is -2.07. The molecular formula is C17H12F2O4S. The summed E-state index contributed by atoms with van der Waals surface area (Å²) < 4.78 is 56.0. The van der Waals surface area contributed by atoms with Gasteiger partial charge in [-0.25, -0.2) is 22.0 Å². The molecular weight excluding hydrogens is 338 g/mol. The Morgan fingerprint density at radius 2 is 1.58 bits per heavy atom. The predicted octanol–water partition coefficient (Wildman–Crippen LogP) is 2.84. The first kappa shape index (κ1) is 16.3. The van der Waals surface area contributed by atoms with E-state index >= 15 is 0 Å². The van der Waals surface area contributed by atoms with Crippen molar-refractivity contribution in [3.8, 4) is 0 Å². The van der Waals surface area contributed by atoms with Gasteiger partial charge in [0, 0.05) is 11.8 Å². The van der Waals surface area contributed by atoms with Crippen LogP contribution in [0.25, 0.3) is 11.1 Å². The number of benzene rings is 2. The topological polar surface area (TPSA) is 60.4 Å². The van der Waals surface area contributed by atoms with Gasteiger partial charge in [-0.2, -0.15) is 0 Å². The number of rotatable bonds is 3. The monoisotopic (exact) mass is 350 g/mol. The molecule has 0 amide bonds. The molecule has 24 heavy (non-hydrogen) atoms. The van der Waals surface area contributed by atoms with Crippen molar-refractivity contribution in [1.29, 1.82) is 0 Å². The molecule has 2 aromatic carbocycles. The van der Waals surface area contributed by atoms with Crippen LogP contribution < -0.4 is 0 Å². The first-order valence-electron chi connectivity index (χ1n) is 6.94. The van der Waals surface area contributed by atoms with Gasteiger partial charge in [0.2, 0.25) is 0 Å². The summed E-state index contributed by atoms with van der Waals surface area (Å²) in [6.45, 7) is -0.139. The maximum Gasteiger partial charge on any atom is 0.339 e. The van der Waals surface area contributed by atoms with Crippen LogP contribution in [0, 0.1) is 11.6 Å². The Balaban J connectivity index is 2.17. The highest BCUT2D eigenvalue weighted by atomic mass is 32.2. The quantitative estimate of drug-likeness (QED) is 0.799. The Bertz CT molecular complexity index is 940. The van der Waals surface area contributed by atoms with E-state index in [1.54, 1.807) is 0 Å². The number of hydrogen-bond donors (Lipinski definition) is 0. The van der Waals surface area contributed by atoms with Gasteiger partial charge in [-0.05, 0) is 29.8 Å². The zero-order valence-corrected chi connectivity index (χ0v) is 13.4. The molecule has 0 aromatic heterocycles. The van der Waals surface area contributed by atoms with Crippen LogP contribution in [0.3, 0.4) is 0 Å². The maximum atomic E-state index is 14.0. The van der Waals surface area contributed by atoms with Crippen molar-refractivity contribution in [2.24, 2.45) is 0 Å². The number of carbonyl (C=O) groups excluding carboxylic acids is 1. The molecule has 0 unspecified atom stereocenters. The first-order valence-corrected chi connectivity index (χ1v) is 8.83. The zero-order chi connectivity index (χ0) is 17.5. The smallest absolute Gasteiger partial charge is 0.339 e. The molecule has 0 atom stereocenters. The molecule has 7 heteroatoms. The van der Waals surface area contributed by atoms with Crippen molar-refractivity contribution >= 4 is 27.0 Å². The van der Waals surface area contributed by atoms with Crippen LogP contribution in [0.5, 0.6) is 0 Å². The van der Waals surface area contributed by atoms with E-state index in [1.807, 2.05) is 0 Å². The molecule has 0 aliphatic carbocycles. The van der Waals surface area contributed by atoms with Crippen molar-refractivity contribution < 1.29 is 26.7 Å². The summed E-state index contributed by atoms with van der Waals surface area (Å²) in [5.74, 6) is -2.55. The van der Waals surface area contributed by atoms with Crippen molar-refractivity contribution in [3.05, 3.63) is 65.2 Å². The fourth-order valence-electron chi connectivity index (χ4n) is 2.53. The van der Waals surface area contributed by atoms with Crippen LogP contribution in [0.2, 0.25) is 0 Å². The molecule has 0 N–H and O–H groups in total. The average molecular weight is 350 g/mol. The highest BCUT2D eigenvalue weighted by Gasteiger charge is 2.31. The molecule has 2 aromatic rings. The average Bonchev–Trinajstić information content (AvgIpc) is 2.88. The Morgan fingerprint density at radius 1 is 1.00 bits per heavy atom. The Kier molecular flexibility index (Phi) is 3.96. The summed E-state index contributed by atoms with van der Waals surface area (Å²) in [4.78, 5) is 12.1. The van der Waals surface area contributed by atoms with Gasteiger partial charge in [-0.3, -0.25) is 0 Å². The number of halogens is 2. The minimum atomic E-state index is -3.37. The number of carbonyl (C=O) groups is 1. The van der Waals surface area contributed by atoms with E-state index in [-0.39, 0.29) is 17.1 Å².